The fourth-order valence-electron chi connectivity index (χ4n) is 2.94. The molecule has 124 valence electrons. The SMILES string of the molecule is CCc1cc(C)c(C(=O)N2C[C@@H](OC)C[C@@H]2c2nc(C)no2)o1. The van der Waals surface area contributed by atoms with Crippen molar-refractivity contribution >= 4 is 5.91 Å². The summed E-state index contributed by atoms with van der Waals surface area (Å²) in [6, 6.07) is 1.62. The highest BCUT2D eigenvalue weighted by molar-refractivity contribution is 5.93. The summed E-state index contributed by atoms with van der Waals surface area (Å²) in [4.78, 5) is 18.9. The summed E-state index contributed by atoms with van der Waals surface area (Å²) in [7, 11) is 1.64. The van der Waals surface area contributed by atoms with Crippen molar-refractivity contribution in [2.75, 3.05) is 13.7 Å². The molecule has 0 N–H and O–H groups in total. The van der Waals surface area contributed by atoms with E-state index in [2.05, 4.69) is 10.1 Å². The maximum Gasteiger partial charge on any atom is 0.290 e. The standard InChI is InChI=1S/C16H21N3O4/c1-5-11-6-9(2)14(22-11)16(20)19-8-12(21-4)7-13(19)15-17-10(3)18-23-15/h6,12-13H,5,7-8H2,1-4H3/t12-,13+/m0/s1. The second-order valence-corrected chi connectivity index (χ2v) is 5.82. The molecule has 3 rings (SSSR count). The van der Waals surface area contributed by atoms with Crippen LogP contribution in [0, 0.1) is 13.8 Å². The van der Waals surface area contributed by atoms with Gasteiger partial charge in [0.1, 0.15) is 11.8 Å². The van der Waals surface area contributed by atoms with Crippen molar-refractivity contribution in [3.05, 3.63) is 34.9 Å². The summed E-state index contributed by atoms with van der Waals surface area (Å²) < 4.78 is 16.4. The summed E-state index contributed by atoms with van der Waals surface area (Å²) in [6.07, 6.45) is 1.32. The smallest absolute Gasteiger partial charge is 0.290 e. The van der Waals surface area contributed by atoms with Gasteiger partial charge in [0, 0.05) is 32.1 Å². The average Bonchev–Trinajstić information content (AvgIpc) is 3.23. The Labute approximate surface area is 134 Å². The van der Waals surface area contributed by atoms with E-state index in [-0.39, 0.29) is 18.1 Å². The number of likely N-dealkylation sites (tertiary alicyclic amines) is 1. The fraction of sp³-hybridized carbons (Fsp3) is 0.562. The molecule has 1 aliphatic rings. The Kier molecular flexibility index (Phi) is 4.21. The summed E-state index contributed by atoms with van der Waals surface area (Å²) in [5.41, 5.74) is 0.841. The fourth-order valence-corrected chi connectivity index (χ4v) is 2.94. The van der Waals surface area contributed by atoms with Gasteiger partial charge in [0.2, 0.25) is 5.89 Å². The lowest BCUT2D eigenvalue weighted by Gasteiger charge is -2.20. The molecule has 1 aliphatic heterocycles. The quantitative estimate of drug-likeness (QED) is 0.861. The van der Waals surface area contributed by atoms with E-state index in [0.717, 1.165) is 17.7 Å². The van der Waals surface area contributed by atoms with Crippen LogP contribution in [0.5, 0.6) is 0 Å². The number of methoxy groups -OCH3 is 1. The Bertz CT molecular complexity index is 706. The summed E-state index contributed by atoms with van der Waals surface area (Å²) >= 11 is 0. The molecule has 0 saturated carbocycles. The average molecular weight is 319 g/mol. The molecule has 0 bridgehead atoms. The molecule has 0 spiro atoms. The normalized spacial score (nSPS) is 21.1. The van der Waals surface area contributed by atoms with E-state index in [1.165, 1.54) is 0 Å². The van der Waals surface area contributed by atoms with Gasteiger partial charge in [-0.15, -0.1) is 0 Å². The minimum absolute atomic E-state index is 0.0583. The van der Waals surface area contributed by atoms with Crippen molar-refractivity contribution in [1.82, 2.24) is 15.0 Å². The zero-order valence-corrected chi connectivity index (χ0v) is 13.8. The van der Waals surface area contributed by atoms with Gasteiger partial charge < -0.3 is 18.6 Å². The van der Waals surface area contributed by atoms with Gasteiger partial charge in [-0.25, -0.2) is 0 Å². The third-order valence-electron chi connectivity index (χ3n) is 4.20. The second-order valence-electron chi connectivity index (χ2n) is 5.82. The Hall–Kier alpha value is -2.15. The molecular weight excluding hydrogens is 298 g/mol. The van der Waals surface area contributed by atoms with Gasteiger partial charge in [0.25, 0.3) is 5.91 Å². The molecule has 2 aromatic rings. The molecule has 0 aromatic carbocycles. The molecule has 1 saturated heterocycles. The van der Waals surface area contributed by atoms with Gasteiger partial charge in [0.15, 0.2) is 11.6 Å². The first-order valence-electron chi connectivity index (χ1n) is 7.76. The van der Waals surface area contributed by atoms with Crippen LogP contribution in [0.15, 0.2) is 15.0 Å². The number of furan rings is 1. The van der Waals surface area contributed by atoms with Gasteiger partial charge in [-0.05, 0) is 19.9 Å². The van der Waals surface area contributed by atoms with E-state index in [4.69, 9.17) is 13.7 Å². The number of aromatic nitrogens is 2. The number of carbonyl (C=O) groups is 1. The molecule has 3 heterocycles. The third-order valence-corrected chi connectivity index (χ3v) is 4.20. The first kappa shape index (κ1) is 15.7. The predicted molar refractivity (Wildman–Crippen MR) is 81.0 cm³/mol. The molecule has 0 unspecified atom stereocenters. The highest BCUT2D eigenvalue weighted by Gasteiger charge is 2.41. The molecule has 1 fully saturated rings. The molecule has 2 atom stereocenters. The minimum atomic E-state index is -0.289. The van der Waals surface area contributed by atoms with Crippen LogP contribution < -0.4 is 0 Å². The van der Waals surface area contributed by atoms with Gasteiger partial charge in [0.05, 0.1) is 6.10 Å². The number of rotatable bonds is 4. The summed E-state index contributed by atoms with van der Waals surface area (Å²) in [6.45, 7) is 6.11. The zero-order chi connectivity index (χ0) is 16.6. The topological polar surface area (TPSA) is 81.6 Å². The van der Waals surface area contributed by atoms with E-state index in [9.17, 15) is 4.79 Å². The number of ether oxygens (including phenoxy) is 1. The highest BCUT2D eigenvalue weighted by atomic mass is 16.5. The van der Waals surface area contributed by atoms with E-state index in [1.54, 1.807) is 18.9 Å². The van der Waals surface area contributed by atoms with Crippen LogP contribution in [0.3, 0.4) is 0 Å². The highest BCUT2D eigenvalue weighted by Crippen LogP contribution is 2.34. The number of carbonyl (C=O) groups excluding carboxylic acids is 1. The van der Waals surface area contributed by atoms with E-state index >= 15 is 0 Å². The van der Waals surface area contributed by atoms with Crippen molar-refractivity contribution < 1.29 is 18.5 Å². The molecule has 7 heteroatoms. The number of hydrogen-bond acceptors (Lipinski definition) is 6. The van der Waals surface area contributed by atoms with Crippen molar-refractivity contribution in [3.63, 3.8) is 0 Å². The van der Waals surface area contributed by atoms with Crippen LogP contribution in [0.4, 0.5) is 0 Å². The van der Waals surface area contributed by atoms with Crippen LogP contribution in [0.1, 0.15) is 53.0 Å². The Morgan fingerprint density at radius 1 is 1.48 bits per heavy atom. The van der Waals surface area contributed by atoms with Gasteiger partial charge in [-0.1, -0.05) is 12.1 Å². The van der Waals surface area contributed by atoms with Crippen molar-refractivity contribution in [3.8, 4) is 0 Å². The minimum Gasteiger partial charge on any atom is -0.456 e. The van der Waals surface area contributed by atoms with Gasteiger partial charge in [-0.3, -0.25) is 4.79 Å². The van der Waals surface area contributed by atoms with Gasteiger partial charge >= 0.3 is 0 Å². The first-order chi connectivity index (χ1) is 11.0. The number of amides is 1. The van der Waals surface area contributed by atoms with Crippen molar-refractivity contribution in [1.29, 1.82) is 0 Å². The van der Waals surface area contributed by atoms with E-state index < -0.39 is 0 Å². The van der Waals surface area contributed by atoms with Crippen LogP contribution in [0.2, 0.25) is 0 Å². The van der Waals surface area contributed by atoms with Crippen LogP contribution in [-0.2, 0) is 11.2 Å². The van der Waals surface area contributed by atoms with E-state index in [1.807, 2.05) is 19.9 Å². The Morgan fingerprint density at radius 3 is 2.83 bits per heavy atom. The zero-order valence-electron chi connectivity index (χ0n) is 13.8. The van der Waals surface area contributed by atoms with Crippen molar-refractivity contribution in [2.45, 2.75) is 45.8 Å². The summed E-state index contributed by atoms with van der Waals surface area (Å²) in [5.74, 6) is 2.01. The largest absolute Gasteiger partial charge is 0.456 e. The Morgan fingerprint density at radius 2 is 2.26 bits per heavy atom. The van der Waals surface area contributed by atoms with Crippen molar-refractivity contribution in [2.24, 2.45) is 0 Å². The summed E-state index contributed by atoms with van der Waals surface area (Å²) in [5, 5.41) is 3.83. The monoisotopic (exact) mass is 319 g/mol. The molecule has 7 nitrogen and oxygen atoms in total. The molecule has 1 amide bonds. The lowest BCUT2D eigenvalue weighted by molar-refractivity contribution is 0.0637. The van der Waals surface area contributed by atoms with Crippen LogP contribution >= 0.6 is 0 Å². The second kappa shape index (κ2) is 6.16. The molecule has 0 radical (unpaired) electrons. The maximum atomic E-state index is 12.9. The molecule has 2 aromatic heterocycles. The van der Waals surface area contributed by atoms with E-state index in [0.29, 0.717) is 30.4 Å². The number of hydrogen-bond donors (Lipinski definition) is 0. The first-order valence-corrected chi connectivity index (χ1v) is 7.76. The van der Waals surface area contributed by atoms with Gasteiger partial charge in [-0.2, -0.15) is 4.98 Å². The molecular formula is C16H21N3O4. The third kappa shape index (κ3) is 2.88. The number of aryl methyl sites for hydroxylation is 3. The lowest BCUT2D eigenvalue weighted by Crippen LogP contribution is -2.32. The Balaban J connectivity index is 1.91. The maximum absolute atomic E-state index is 12.9. The lowest BCUT2D eigenvalue weighted by atomic mass is 10.2. The van der Waals surface area contributed by atoms with Crippen LogP contribution in [0.25, 0.3) is 0 Å². The predicted octanol–water partition coefficient (Wildman–Crippen LogP) is 2.44. The molecule has 23 heavy (non-hydrogen) atoms. The van der Waals surface area contributed by atoms with Crippen LogP contribution in [-0.4, -0.2) is 40.7 Å². The number of nitrogens with zero attached hydrogens (tertiary/aromatic N) is 3. The molecule has 0 aliphatic carbocycles.